The van der Waals surface area contributed by atoms with Gasteiger partial charge in [0.25, 0.3) is 13.4 Å². The zero-order valence-electron chi connectivity index (χ0n) is 49.9. The zero-order valence-corrected chi connectivity index (χ0v) is 49.9. The molecule has 0 saturated heterocycles. The van der Waals surface area contributed by atoms with E-state index in [1.54, 1.807) is 0 Å². The van der Waals surface area contributed by atoms with Crippen LogP contribution in [0, 0.1) is 0 Å². The van der Waals surface area contributed by atoms with Crippen LogP contribution in [0.5, 0.6) is 0 Å². The highest BCUT2D eigenvalue weighted by atomic mass is 16.3. The first kappa shape index (κ1) is 50.9. The van der Waals surface area contributed by atoms with Crippen molar-refractivity contribution in [2.24, 2.45) is 0 Å². The van der Waals surface area contributed by atoms with Crippen molar-refractivity contribution in [3.05, 3.63) is 291 Å². The number of hydrogen-bond donors (Lipinski definition) is 0. The second-order valence-corrected chi connectivity index (χ2v) is 25.5. The van der Waals surface area contributed by atoms with Crippen LogP contribution in [0.2, 0.25) is 0 Å². The molecule has 6 heterocycles. The van der Waals surface area contributed by atoms with Gasteiger partial charge < -0.3 is 28.4 Å². The molecule has 13 aromatic carbocycles. The third kappa shape index (κ3) is 7.24. The first-order valence-corrected chi connectivity index (χ1v) is 31.3. The van der Waals surface area contributed by atoms with Crippen molar-refractivity contribution < 1.29 is 8.83 Å². The van der Waals surface area contributed by atoms with Crippen molar-refractivity contribution in [3.8, 4) is 22.3 Å². The van der Waals surface area contributed by atoms with Gasteiger partial charge in [0.05, 0.1) is 27.8 Å². The highest BCUT2D eigenvalue weighted by Crippen LogP contribution is 2.56. The Balaban J connectivity index is 1.00. The van der Waals surface area contributed by atoms with Crippen molar-refractivity contribution >= 4 is 158 Å². The Kier molecular flexibility index (Phi) is 10.8. The maximum atomic E-state index is 7.25. The molecule has 0 atom stereocenters. The molecule has 0 amide bonds. The lowest BCUT2D eigenvalue weighted by atomic mass is 9.30. The first-order chi connectivity index (χ1) is 44.3. The molecule has 19 rings (SSSR count). The molecule has 422 valence electrons. The number of hydrogen-bond acceptors (Lipinski definition) is 6. The smallest absolute Gasteiger partial charge is 0.252 e. The summed E-state index contributed by atoms with van der Waals surface area (Å²) in [4.78, 5) is 10.2. The van der Waals surface area contributed by atoms with E-state index >= 15 is 0 Å². The van der Waals surface area contributed by atoms with E-state index < -0.39 is 0 Å². The third-order valence-corrected chi connectivity index (χ3v) is 19.5. The Hall–Kier alpha value is -11.2. The number of anilines is 12. The van der Waals surface area contributed by atoms with E-state index in [-0.39, 0.29) is 18.8 Å². The molecular formula is C82H56B2N4O2. The molecule has 0 bridgehead atoms. The lowest BCUT2D eigenvalue weighted by Crippen LogP contribution is -2.65. The van der Waals surface area contributed by atoms with Crippen LogP contribution in [0.15, 0.2) is 294 Å². The van der Waals surface area contributed by atoms with E-state index in [0.717, 1.165) is 134 Å². The molecule has 0 spiro atoms. The largest absolute Gasteiger partial charge is 0.456 e. The summed E-state index contributed by atoms with van der Waals surface area (Å²) < 4.78 is 14.5. The van der Waals surface area contributed by atoms with Crippen LogP contribution in [0.1, 0.15) is 26.3 Å². The summed E-state index contributed by atoms with van der Waals surface area (Å²) >= 11 is 0. The number of para-hydroxylation sites is 7. The van der Waals surface area contributed by atoms with Gasteiger partial charge in [0.15, 0.2) is 0 Å². The van der Waals surface area contributed by atoms with Gasteiger partial charge in [-0.15, -0.1) is 0 Å². The quantitative estimate of drug-likeness (QED) is 0.155. The van der Waals surface area contributed by atoms with Crippen LogP contribution in [0.3, 0.4) is 0 Å². The van der Waals surface area contributed by atoms with E-state index in [4.69, 9.17) is 8.83 Å². The van der Waals surface area contributed by atoms with E-state index in [1.165, 1.54) is 38.3 Å². The molecule has 90 heavy (non-hydrogen) atoms. The van der Waals surface area contributed by atoms with Crippen molar-refractivity contribution in [2.75, 3.05) is 19.6 Å². The van der Waals surface area contributed by atoms with Crippen LogP contribution in [0.4, 0.5) is 68.2 Å². The maximum absolute atomic E-state index is 7.25. The molecule has 0 radical (unpaired) electrons. The molecule has 0 saturated carbocycles. The van der Waals surface area contributed by atoms with Crippen molar-refractivity contribution in [2.45, 2.75) is 26.2 Å². The summed E-state index contributed by atoms with van der Waals surface area (Å²) in [5.74, 6) is 0. The standard InChI is InChI=1S/C82H56B2N4O2/c1-82(2,3)53-44-45-72-60(46-53)76-74(90-72)49-69-77-81(76)87(56-34-17-8-18-35-56)66-42-23-20-39-61(66)83(77)63-47-64-68(48-67(63)85(69)54-30-13-6-14-31-54)88(79-57(51-26-9-4-10-27-51)37-25-38-58(79)52-28-11-5-12-29-52)70-50-73-75(59-36-19-24-43-71(59)89-73)80-78(70)84(64)62-40-21-22-41-65(62)86(80)55-32-15-7-16-33-55/h4-50H,1-3H3. The topological polar surface area (TPSA) is 39.2 Å². The normalized spacial score (nSPS) is 13.6. The van der Waals surface area contributed by atoms with E-state index in [9.17, 15) is 0 Å². The molecule has 8 heteroatoms. The summed E-state index contributed by atoms with van der Waals surface area (Å²) in [5, 5.41) is 4.40. The molecule has 4 aliphatic rings. The molecule has 0 unspecified atom stereocenters. The predicted octanol–water partition coefficient (Wildman–Crippen LogP) is 18.3. The summed E-state index contributed by atoms with van der Waals surface area (Å²) in [7, 11) is 0. The Morgan fingerprint density at radius 3 is 1.26 bits per heavy atom. The Labute approximate surface area is 522 Å². The molecule has 0 aliphatic carbocycles. The number of rotatable bonds is 6. The van der Waals surface area contributed by atoms with Gasteiger partial charge in [-0.25, -0.2) is 0 Å². The Morgan fingerprint density at radius 2 is 0.722 bits per heavy atom. The molecule has 2 aromatic heterocycles. The average Bonchev–Trinajstić information content (AvgIpc) is 0.799. The molecule has 4 aliphatic heterocycles. The van der Waals surface area contributed by atoms with E-state index in [1.807, 2.05) is 0 Å². The highest BCUT2D eigenvalue weighted by Gasteiger charge is 2.50. The number of furan rings is 2. The SMILES string of the molecule is CC(C)(C)c1ccc2oc3cc4c5c(c3c2c1)N(c1ccccc1)c1ccccc1B5c1cc2c(cc1N4c1ccccc1)N(c1c(-c3ccccc3)cccc1-c1ccccc1)c1cc3oc4ccccc4c3c3c1B2c1ccccc1N3c1ccccc1. The number of nitrogens with zero attached hydrogens (tertiary/aromatic N) is 4. The van der Waals surface area contributed by atoms with Crippen LogP contribution in [-0.4, -0.2) is 13.4 Å². The fourth-order valence-corrected chi connectivity index (χ4v) is 15.7. The minimum absolute atomic E-state index is 0.0954. The minimum Gasteiger partial charge on any atom is -0.456 e. The predicted molar refractivity (Wildman–Crippen MR) is 379 cm³/mol. The second kappa shape index (κ2) is 19.1. The number of fused-ring (bicyclic) bond motifs is 16. The van der Waals surface area contributed by atoms with Gasteiger partial charge in [0.2, 0.25) is 0 Å². The summed E-state index contributed by atoms with van der Waals surface area (Å²) in [6, 6.07) is 105. The highest BCUT2D eigenvalue weighted by molar-refractivity contribution is 7.03. The molecule has 0 N–H and O–H groups in total. The molecule has 0 fully saturated rings. The van der Waals surface area contributed by atoms with Crippen LogP contribution < -0.4 is 52.4 Å². The second-order valence-electron chi connectivity index (χ2n) is 25.5. The van der Waals surface area contributed by atoms with Crippen LogP contribution in [-0.2, 0) is 5.41 Å². The molecule has 15 aromatic rings. The Morgan fingerprint density at radius 1 is 0.289 bits per heavy atom. The van der Waals surface area contributed by atoms with Crippen molar-refractivity contribution in [3.63, 3.8) is 0 Å². The van der Waals surface area contributed by atoms with E-state index in [0.29, 0.717) is 0 Å². The third-order valence-electron chi connectivity index (χ3n) is 19.5. The fourth-order valence-electron chi connectivity index (χ4n) is 15.7. The van der Waals surface area contributed by atoms with Gasteiger partial charge in [-0.2, -0.15) is 0 Å². The van der Waals surface area contributed by atoms with E-state index in [2.05, 4.69) is 325 Å². The summed E-state index contributed by atoms with van der Waals surface area (Å²) in [5.41, 5.74) is 29.6. The maximum Gasteiger partial charge on any atom is 0.252 e. The summed E-state index contributed by atoms with van der Waals surface area (Å²) in [6.45, 7) is 6.46. The van der Waals surface area contributed by atoms with Crippen LogP contribution in [0.25, 0.3) is 66.1 Å². The first-order valence-electron chi connectivity index (χ1n) is 31.3. The Bertz CT molecular complexity index is 5390. The van der Waals surface area contributed by atoms with Gasteiger partial charge >= 0.3 is 0 Å². The average molecular weight is 1150 g/mol. The number of benzene rings is 13. The van der Waals surface area contributed by atoms with Gasteiger partial charge in [-0.1, -0.05) is 221 Å². The molecular weight excluding hydrogens is 1090 g/mol. The van der Waals surface area contributed by atoms with Gasteiger partial charge in [0.1, 0.15) is 22.3 Å². The van der Waals surface area contributed by atoms with Gasteiger partial charge in [-0.05, 0) is 128 Å². The molecule has 6 nitrogen and oxygen atoms in total. The minimum atomic E-state index is -0.230. The summed E-state index contributed by atoms with van der Waals surface area (Å²) in [6.07, 6.45) is 0. The van der Waals surface area contributed by atoms with Crippen molar-refractivity contribution in [1.82, 2.24) is 0 Å². The monoisotopic (exact) mass is 1150 g/mol. The van der Waals surface area contributed by atoms with Crippen LogP contribution >= 0.6 is 0 Å². The lowest BCUT2D eigenvalue weighted by molar-refractivity contribution is 0.590. The fraction of sp³-hybridized carbons (Fsp3) is 0.0488. The lowest BCUT2D eigenvalue weighted by Gasteiger charge is -2.47. The zero-order chi connectivity index (χ0) is 59.5. The van der Waals surface area contributed by atoms with Crippen molar-refractivity contribution in [1.29, 1.82) is 0 Å². The van der Waals surface area contributed by atoms with Gasteiger partial charge in [-0.3, -0.25) is 0 Å². The van der Waals surface area contributed by atoms with Gasteiger partial charge in [0, 0.05) is 85.2 Å².